The number of hydrogen-bond donors (Lipinski definition) is 0. The number of morpholine rings is 1. The van der Waals surface area contributed by atoms with Gasteiger partial charge in [0.25, 0.3) is 0 Å². The SMILES string of the molecule is CCn1c(SCCOc2cccc(Cl)c2)nc2cc(S(=O)(=O)N3CCOCC3)ccc21. The molecule has 4 rings (SSSR count). The molecule has 7 nitrogen and oxygen atoms in total. The monoisotopic (exact) mass is 481 g/mol. The quantitative estimate of drug-likeness (QED) is 0.359. The molecule has 0 radical (unpaired) electrons. The van der Waals surface area contributed by atoms with E-state index in [1.54, 1.807) is 36.0 Å². The van der Waals surface area contributed by atoms with E-state index in [1.165, 1.54) is 4.31 Å². The molecule has 2 aromatic carbocycles. The molecule has 0 amide bonds. The van der Waals surface area contributed by atoms with Crippen molar-refractivity contribution >= 4 is 44.4 Å². The van der Waals surface area contributed by atoms with Gasteiger partial charge in [0, 0.05) is 30.4 Å². The van der Waals surface area contributed by atoms with E-state index >= 15 is 0 Å². The van der Waals surface area contributed by atoms with Crippen molar-refractivity contribution in [2.24, 2.45) is 0 Å². The molecule has 2 heterocycles. The average molecular weight is 482 g/mol. The molecule has 0 N–H and O–H groups in total. The minimum atomic E-state index is -3.55. The molecular formula is C21H24ClN3O4S2. The van der Waals surface area contributed by atoms with Crippen LogP contribution in [-0.4, -0.2) is 60.9 Å². The van der Waals surface area contributed by atoms with Crippen molar-refractivity contribution in [3.8, 4) is 5.75 Å². The predicted molar refractivity (Wildman–Crippen MR) is 123 cm³/mol. The Balaban J connectivity index is 1.49. The number of rotatable bonds is 8. The number of aryl methyl sites for hydroxylation is 1. The minimum Gasteiger partial charge on any atom is -0.493 e. The number of aromatic nitrogens is 2. The van der Waals surface area contributed by atoms with Crippen molar-refractivity contribution in [2.75, 3.05) is 38.7 Å². The van der Waals surface area contributed by atoms with Crippen LogP contribution in [-0.2, 0) is 21.3 Å². The predicted octanol–water partition coefficient (Wildman–Crippen LogP) is 3.90. The highest BCUT2D eigenvalue weighted by atomic mass is 35.5. The Kier molecular flexibility index (Phi) is 7.08. The highest BCUT2D eigenvalue weighted by Crippen LogP contribution is 2.28. The first-order valence-electron chi connectivity index (χ1n) is 10.1. The van der Waals surface area contributed by atoms with Gasteiger partial charge in [0.15, 0.2) is 5.16 Å². The second-order valence-electron chi connectivity index (χ2n) is 6.96. The zero-order valence-corrected chi connectivity index (χ0v) is 19.5. The lowest BCUT2D eigenvalue weighted by molar-refractivity contribution is 0.0730. The van der Waals surface area contributed by atoms with Crippen molar-refractivity contribution in [1.82, 2.24) is 13.9 Å². The van der Waals surface area contributed by atoms with Crippen molar-refractivity contribution in [2.45, 2.75) is 23.5 Å². The van der Waals surface area contributed by atoms with Crippen LogP contribution in [0.25, 0.3) is 11.0 Å². The Morgan fingerprint density at radius 1 is 1.19 bits per heavy atom. The van der Waals surface area contributed by atoms with Crippen LogP contribution in [0.4, 0.5) is 0 Å². The number of nitrogens with zero attached hydrogens (tertiary/aromatic N) is 3. The number of sulfonamides is 1. The number of fused-ring (bicyclic) bond motifs is 1. The van der Waals surface area contributed by atoms with Crippen LogP contribution in [0.2, 0.25) is 5.02 Å². The summed E-state index contributed by atoms with van der Waals surface area (Å²) in [7, 11) is -3.55. The van der Waals surface area contributed by atoms with Gasteiger partial charge in [-0.25, -0.2) is 13.4 Å². The second-order valence-corrected chi connectivity index (χ2v) is 10.4. The molecule has 0 bridgehead atoms. The molecule has 31 heavy (non-hydrogen) atoms. The van der Waals surface area contributed by atoms with Gasteiger partial charge in [-0.3, -0.25) is 0 Å². The first kappa shape index (κ1) is 22.4. The summed E-state index contributed by atoms with van der Waals surface area (Å²) in [5, 5.41) is 1.48. The fraction of sp³-hybridized carbons (Fsp3) is 0.381. The fourth-order valence-electron chi connectivity index (χ4n) is 3.45. The van der Waals surface area contributed by atoms with Gasteiger partial charge in [0.2, 0.25) is 10.0 Å². The molecule has 0 unspecified atom stereocenters. The summed E-state index contributed by atoms with van der Waals surface area (Å²) in [6.07, 6.45) is 0. The molecule has 0 atom stereocenters. The lowest BCUT2D eigenvalue weighted by Gasteiger charge is -2.26. The fourth-order valence-corrected chi connectivity index (χ4v) is 5.95. The third-order valence-corrected chi connectivity index (χ3v) is 8.06. The summed E-state index contributed by atoms with van der Waals surface area (Å²) in [6.45, 7) is 4.88. The van der Waals surface area contributed by atoms with Gasteiger partial charge >= 0.3 is 0 Å². The van der Waals surface area contributed by atoms with Crippen LogP contribution in [0, 0.1) is 0 Å². The molecule has 0 spiro atoms. The number of benzene rings is 2. The highest BCUT2D eigenvalue weighted by molar-refractivity contribution is 7.99. The van der Waals surface area contributed by atoms with Crippen LogP contribution < -0.4 is 4.74 Å². The van der Waals surface area contributed by atoms with E-state index in [0.717, 1.165) is 23.0 Å². The molecule has 0 aliphatic carbocycles. The van der Waals surface area contributed by atoms with E-state index in [2.05, 4.69) is 4.57 Å². The average Bonchev–Trinajstić information content (AvgIpc) is 3.14. The number of ether oxygens (including phenoxy) is 2. The zero-order chi connectivity index (χ0) is 21.8. The van der Waals surface area contributed by atoms with E-state index in [9.17, 15) is 8.42 Å². The summed E-state index contributed by atoms with van der Waals surface area (Å²) in [5.41, 5.74) is 1.59. The van der Waals surface area contributed by atoms with Crippen LogP contribution in [0.3, 0.4) is 0 Å². The summed E-state index contributed by atoms with van der Waals surface area (Å²) in [6, 6.07) is 12.5. The van der Waals surface area contributed by atoms with Crippen molar-refractivity contribution in [3.63, 3.8) is 0 Å². The third-order valence-electron chi connectivity index (χ3n) is 4.99. The van der Waals surface area contributed by atoms with Crippen LogP contribution in [0.1, 0.15) is 6.92 Å². The van der Waals surface area contributed by atoms with Gasteiger partial charge in [-0.1, -0.05) is 29.4 Å². The van der Waals surface area contributed by atoms with E-state index < -0.39 is 10.0 Å². The summed E-state index contributed by atoms with van der Waals surface area (Å²) < 4.78 is 40.5. The van der Waals surface area contributed by atoms with Crippen molar-refractivity contribution in [1.29, 1.82) is 0 Å². The lowest BCUT2D eigenvalue weighted by Crippen LogP contribution is -2.40. The number of imidazole rings is 1. The van der Waals surface area contributed by atoms with E-state index in [4.69, 9.17) is 26.1 Å². The zero-order valence-electron chi connectivity index (χ0n) is 17.2. The van der Waals surface area contributed by atoms with Gasteiger partial charge in [-0.2, -0.15) is 4.31 Å². The molecular weight excluding hydrogens is 458 g/mol. The number of halogens is 1. The Bertz CT molecular complexity index is 1160. The molecule has 166 valence electrons. The number of thioether (sulfide) groups is 1. The van der Waals surface area contributed by atoms with E-state index in [1.807, 2.05) is 25.1 Å². The highest BCUT2D eigenvalue weighted by Gasteiger charge is 2.27. The van der Waals surface area contributed by atoms with Gasteiger partial charge < -0.3 is 14.0 Å². The lowest BCUT2D eigenvalue weighted by atomic mass is 10.3. The maximum absolute atomic E-state index is 13.0. The molecule has 1 aliphatic rings. The molecule has 1 aromatic heterocycles. The van der Waals surface area contributed by atoms with Gasteiger partial charge in [-0.15, -0.1) is 0 Å². The Hall–Kier alpha value is -1.78. The molecule has 10 heteroatoms. The van der Waals surface area contributed by atoms with Crippen LogP contribution in [0.5, 0.6) is 5.75 Å². The minimum absolute atomic E-state index is 0.267. The van der Waals surface area contributed by atoms with E-state index in [0.29, 0.717) is 49.2 Å². The Morgan fingerprint density at radius 2 is 2.00 bits per heavy atom. The van der Waals surface area contributed by atoms with Crippen LogP contribution in [0.15, 0.2) is 52.5 Å². The maximum atomic E-state index is 13.0. The summed E-state index contributed by atoms with van der Waals surface area (Å²) in [5.74, 6) is 1.43. The molecule has 1 aliphatic heterocycles. The molecule has 3 aromatic rings. The largest absolute Gasteiger partial charge is 0.493 e. The standard InChI is InChI=1S/C21H24ClN3O4S2/c1-2-25-20-7-6-18(31(26,27)24-8-10-28-11-9-24)15-19(20)23-21(25)30-13-12-29-17-5-3-4-16(22)14-17/h3-7,14-15H,2,8-13H2,1H3. The third kappa shape index (κ3) is 5.01. The first-order valence-corrected chi connectivity index (χ1v) is 12.9. The second kappa shape index (κ2) is 9.79. The van der Waals surface area contributed by atoms with Gasteiger partial charge in [-0.05, 0) is 43.3 Å². The van der Waals surface area contributed by atoms with Crippen molar-refractivity contribution < 1.29 is 17.9 Å². The molecule has 1 saturated heterocycles. The molecule has 0 saturated carbocycles. The first-order chi connectivity index (χ1) is 15.0. The Labute approximate surface area is 191 Å². The summed E-state index contributed by atoms with van der Waals surface area (Å²) >= 11 is 7.56. The topological polar surface area (TPSA) is 73.7 Å². The number of hydrogen-bond acceptors (Lipinski definition) is 6. The summed E-state index contributed by atoms with van der Waals surface area (Å²) in [4.78, 5) is 4.97. The maximum Gasteiger partial charge on any atom is 0.243 e. The van der Waals surface area contributed by atoms with Gasteiger partial charge in [0.1, 0.15) is 5.75 Å². The Morgan fingerprint density at radius 3 is 2.74 bits per heavy atom. The molecule has 1 fully saturated rings. The van der Waals surface area contributed by atoms with Crippen molar-refractivity contribution in [3.05, 3.63) is 47.5 Å². The van der Waals surface area contributed by atoms with E-state index in [-0.39, 0.29) is 4.90 Å². The normalized spacial score (nSPS) is 15.4. The smallest absolute Gasteiger partial charge is 0.243 e. The van der Waals surface area contributed by atoms with Gasteiger partial charge in [0.05, 0.1) is 35.7 Å². The van der Waals surface area contributed by atoms with Crippen LogP contribution >= 0.6 is 23.4 Å².